The minimum absolute atomic E-state index is 0.0533. The number of nitrogens with zero attached hydrogens (tertiary/aromatic N) is 3. The average molecular weight is 401 g/mol. The number of aromatic nitrogens is 2. The first kappa shape index (κ1) is 20.1. The summed E-state index contributed by atoms with van der Waals surface area (Å²) < 4.78 is 0. The molecule has 1 aliphatic heterocycles. The van der Waals surface area contributed by atoms with Crippen molar-refractivity contribution in [2.45, 2.75) is 33.1 Å². The van der Waals surface area contributed by atoms with Crippen LogP contribution in [0.1, 0.15) is 30.9 Å². The number of aryl methyl sites for hydroxylation is 2. The van der Waals surface area contributed by atoms with E-state index < -0.39 is 0 Å². The van der Waals surface area contributed by atoms with E-state index in [0.29, 0.717) is 6.54 Å². The smallest absolute Gasteiger partial charge is 0.229 e. The summed E-state index contributed by atoms with van der Waals surface area (Å²) in [7, 11) is 0. The Morgan fingerprint density at radius 1 is 1.07 bits per heavy atom. The Morgan fingerprint density at radius 3 is 2.57 bits per heavy atom. The number of benzene rings is 2. The Bertz CT molecular complexity index is 998. The Morgan fingerprint density at radius 2 is 1.87 bits per heavy atom. The van der Waals surface area contributed by atoms with E-state index in [1.54, 1.807) is 0 Å². The van der Waals surface area contributed by atoms with Gasteiger partial charge in [0.05, 0.1) is 11.6 Å². The maximum absolute atomic E-state index is 12.8. The number of hydrogen-bond acceptors (Lipinski definition) is 4. The molecular formula is C25H28N4O. The van der Waals surface area contributed by atoms with Crippen molar-refractivity contribution in [3.05, 3.63) is 71.8 Å². The van der Waals surface area contributed by atoms with Crippen LogP contribution < -0.4 is 10.2 Å². The summed E-state index contributed by atoms with van der Waals surface area (Å²) in [5.41, 5.74) is 5.28. The fraction of sp³-hybridized carbons (Fsp3) is 0.320. The molecule has 1 aromatic heterocycles. The van der Waals surface area contributed by atoms with Crippen molar-refractivity contribution >= 4 is 17.4 Å². The normalized spacial score (nSPS) is 16.3. The summed E-state index contributed by atoms with van der Waals surface area (Å²) in [5.74, 6) is 0.855. The molecule has 0 spiro atoms. The predicted octanol–water partition coefficient (Wildman–Crippen LogP) is 4.87. The molecule has 3 aromatic rings. The Kier molecular flexibility index (Phi) is 6.07. The highest BCUT2D eigenvalue weighted by atomic mass is 16.1. The molecule has 1 atom stereocenters. The first-order valence-corrected chi connectivity index (χ1v) is 10.7. The lowest BCUT2D eigenvalue weighted by atomic mass is 9.97. The molecule has 5 heteroatoms. The van der Waals surface area contributed by atoms with Crippen molar-refractivity contribution in [2.24, 2.45) is 5.92 Å². The van der Waals surface area contributed by atoms with Gasteiger partial charge in [-0.2, -0.15) is 0 Å². The molecule has 1 N–H and O–H groups in total. The van der Waals surface area contributed by atoms with Gasteiger partial charge < -0.3 is 10.2 Å². The second-order valence-corrected chi connectivity index (χ2v) is 7.92. The van der Waals surface area contributed by atoms with Gasteiger partial charge in [0.2, 0.25) is 5.91 Å². The summed E-state index contributed by atoms with van der Waals surface area (Å²) in [4.78, 5) is 15.0. The second kappa shape index (κ2) is 9.08. The SMILES string of the molecule is CCc1ccc(NC(=O)[C@@H]2CCCN(c3ccc(-c4ccccc4C)nn3)C2)cc1. The van der Waals surface area contributed by atoms with Gasteiger partial charge in [-0.05, 0) is 61.6 Å². The van der Waals surface area contributed by atoms with Crippen LogP contribution in [0.3, 0.4) is 0 Å². The number of rotatable bonds is 5. The molecule has 0 bridgehead atoms. The molecule has 0 radical (unpaired) electrons. The lowest BCUT2D eigenvalue weighted by Gasteiger charge is -2.32. The molecule has 0 saturated carbocycles. The largest absolute Gasteiger partial charge is 0.354 e. The Hall–Kier alpha value is -3.21. The predicted molar refractivity (Wildman–Crippen MR) is 122 cm³/mol. The van der Waals surface area contributed by atoms with Gasteiger partial charge in [0.15, 0.2) is 5.82 Å². The maximum Gasteiger partial charge on any atom is 0.229 e. The fourth-order valence-corrected chi connectivity index (χ4v) is 3.97. The number of hydrogen-bond donors (Lipinski definition) is 1. The lowest BCUT2D eigenvalue weighted by molar-refractivity contribution is -0.120. The molecule has 1 aliphatic rings. The van der Waals surface area contributed by atoms with E-state index in [4.69, 9.17) is 0 Å². The fourth-order valence-electron chi connectivity index (χ4n) is 3.97. The van der Waals surface area contributed by atoms with Crippen molar-refractivity contribution < 1.29 is 4.79 Å². The van der Waals surface area contributed by atoms with Crippen molar-refractivity contribution in [2.75, 3.05) is 23.3 Å². The zero-order chi connectivity index (χ0) is 20.9. The van der Waals surface area contributed by atoms with Crippen LogP contribution in [-0.4, -0.2) is 29.2 Å². The first-order valence-electron chi connectivity index (χ1n) is 10.7. The van der Waals surface area contributed by atoms with Crippen LogP contribution in [0.25, 0.3) is 11.3 Å². The number of amides is 1. The Balaban J connectivity index is 1.42. The maximum atomic E-state index is 12.8. The van der Waals surface area contributed by atoms with Crippen molar-refractivity contribution in [1.82, 2.24) is 10.2 Å². The van der Waals surface area contributed by atoms with Gasteiger partial charge in [0, 0.05) is 24.3 Å². The van der Waals surface area contributed by atoms with Gasteiger partial charge in [-0.3, -0.25) is 4.79 Å². The van der Waals surface area contributed by atoms with E-state index in [2.05, 4.69) is 58.5 Å². The van der Waals surface area contributed by atoms with Crippen LogP contribution in [0.2, 0.25) is 0 Å². The van der Waals surface area contributed by atoms with Gasteiger partial charge in [-0.1, -0.05) is 43.3 Å². The summed E-state index contributed by atoms with van der Waals surface area (Å²) in [6.45, 7) is 5.76. The van der Waals surface area contributed by atoms with Gasteiger partial charge in [0.25, 0.3) is 0 Å². The third kappa shape index (κ3) is 4.51. The average Bonchev–Trinajstić information content (AvgIpc) is 2.80. The molecule has 1 amide bonds. The van der Waals surface area contributed by atoms with Gasteiger partial charge in [-0.15, -0.1) is 10.2 Å². The Labute approximate surface area is 178 Å². The van der Waals surface area contributed by atoms with E-state index >= 15 is 0 Å². The summed E-state index contributed by atoms with van der Waals surface area (Å²) >= 11 is 0. The zero-order valence-corrected chi connectivity index (χ0v) is 17.6. The van der Waals surface area contributed by atoms with E-state index in [1.165, 1.54) is 11.1 Å². The quantitative estimate of drug-likeness (QED) is 0.664. The van der Waals surface area contributed by atoms with E-state index in [-0.39, 0.29) is 11.8 Å². The number of anilines is 2. The molecule has 2 heterocycles. The number of carbonyl (C=O) groups excluding carboxylic acids is 1. The summed E-state index contributed by atoms with van der Waals surface area (Å²) in [6.07, 6.45) is 2.85. The van der Waals surface area contributed by atoms with E-state index in [0.717, 1.165) is 48.6 Å². The third-order valence-electron chi connectivity index (χ3n) is 5.82. The topological polar surface area (TPSA) is 58.1 Å². The van der Waals surface area contributed by atoms with Crippen LogP contribution in [0.5, 0.6) is 0 Å². The lowest BCUT2D eigenvalue weighted by Crippen LogP contribution is -2.41. The van der Waals surface area contributed by atoms with E-state index in [1.807, 2.05) is 36.4 Å². The molecule has 154 valence electrons. The van der Waals surface area contributed by atoms with Gasteiger partial charge in [-0.25, -0.2) is 0 Å². The first-order chi connectivity index (χ1) is 14.6. The molecule has 5 nitrogen and oxygen atoms in total. The van der Waals surface area contributed by atoms with Crippen molar-refractivity contribution in [3.8, 4) is 11.3 Å². The van der Waals surface area contributed by atoms with E-state index in [9.17, 15) is 4.79 Å². The number of piperidine rings is 1. The second-order valence-electron chi connectivity index (χ2n) is 7.92. The molecule has 0 aliphatic carbocycles. The monoisotopic (exact) mass is 400 g/mol. The van der Waals surface area contributed by atoms with Crippen LogP contribution >= 0.6 is 0 Å². The molecule has 30 heavy (non-hydrogen) atoms. The zero-order valence-electron chi connectivity index (χ0n) is 17.6. The van der Waals surface area contributed by atoms with Crippen molar-refractivity contribution in [1.29, 1.82) is 0 Å². The molecule has 0 unspecified atom stereocenters. The molecule has 1 saturated heterocycles. The van der Waals surface area contributed by atoms with Gasteiger partial charge >= 0.3 is 0 Å². The molecular weight excluding hydrogens is 372 g/mol. The molecule has 2 aromatic carbocycles. The minimum Gasteiger partial charge on any atom is -0.354 e. The van der Waals surface area contributed by atoms with Crippen LogP contribution in [0, 0.1) is 12.8 Å². The highest BCUT2D eigenvalue weighted by Gasteiger charge is 2.27. The standard InChI is InChI=1S/C25H28N4O/c1-3-19-10-12-21(13-11-19)26-25(30)20-8-6-16-29(17-20)24-15-14-23(27-28-24)22-9-5-4-7-18(22)2/h4-5,7,9-15,20H,3,6,8,16-17H2,1-2H3,(H,26,30)/t20-/m1/s1. The highest BCUT2D eigenvalue weighted by molar-refractivity contribution is 5.93. The molecule has 4 rings (SSSR count). The third-order valence-corrected chi connectivity index (χ3v) is 5.82. The van der Waals surface area contributed by atoms with Crippen LogP contribution in [-0.2, 0) is 11.2 Å². The summed E-state index contributed by atoms with van der Waals surface area (Å²) in [5, 5.41) is 12.0. The highest BCUT2D eigenvalue weighted by Crippen LogP contribution is 2.25. The van der Waals surface area contributed by atoms with Crippen LogP contribution in [0.15, 0.2) is 60.7 Å². The van der Waals surface area contributed by atoms with Gasteiger partial charge in [0.1, 0.15) is 0 Å². The van der Waals surface area contributed by atoms with Crippen molar-refractivity contribution in [3.63, 3.8) is 0 Å². The molecule has 1 fully saturated rings. The number of nitrogens with one attached hydrogen (secondary N) is 1. The number of carbonyl (C=O) groups is 1. The van der Waals surface area contributed by atoms with Crippen LogP contribution in [0.4, 0.5) is 11.5 Å². The minimum atomic E-state index is -0.0533. The summed E-state index contributed by atoms with van der Waals surface area (Å²) in [6, 6.07) is 20.3.